The summed E-state index contributed by atoms with van der Waals surface area (Å²) in [5, 5.41) is 8.81. The van der Waals surface area contributed by atoms with E-state index in [1.165, 1.54) is 10.7 Å². The van der Waals surface area contributed by atoms with E-state index in [0.717, 1.165) is 5.56 Å². The molecule has 0 bridgehead atoms. The molecule has 0 radical (unpaired) electrons. The van der Waals surface area contributed by atoms with E-state index in [1.54, 1.807) is 13.2 Å². The number of ether oxygens (including phenoxy) is 1. The largest absolute Gasteiger partial charge is 0.383 e. The first-order chi connectivity index (χ1) is 11.7. The first-order valence-corrected chi connectivity index (χ1v) is 7.68. The highest BCUT2D eigenvalue weighted by molar-refractivity contribution is 6.31. The molecule has 0 unspecified atom stereocenters. The molecule has 2 heterocycles. The predicted octanol–water partition coefficient (Wildman–Crippen LogP) is 2.18. The van der Waals surface area contributed by atoms with Gasteiger partial charge in [-0.05, 0) is 17.7 Å². The number of rotatable bonds is 6. The topological polar surface area (TPSA) is 83.0 Å². The SMILES string of the molecule is COCCn1nc(-c2nc(Cc3ccccc3Cl)no2)ccc1=O. The van der Waals surface area contributed by atoms with Gasteiger partial charge >= 0.3 is 0 Å². The van der Waals surface area contributed by atoms with Crippen LogP contribution in [0.15, 0.2) is 45.7 Å². The van der Waals surface area contributed by atoms with Crippen LogP contribution in [0.1, 0.15) is 11.4 Å². The average Bonchev–Trinajstić information content (AvgIpc) is 3.05. The summed E-state index contributed by atoms with van der Waals surface area (Å²) in [6, 6.07) is 10.4. The number of halogens is 1. The van der Waals surface area contributed by atoms with Gasteiger partial charge in [-0.25, -0.2) is 4.68 Å². The molecule has 0 aliphatic heterocycles. The second-order valence-corrected chi connectivity index (χ2v) is 5.46. The molecule has 0 amide bonds. The number of benzene rings is 1. The molecule has 0 aliphatic rings. The Kier molecular flexibility index (Phi) is 5.02. The highest BCUT2D eigenvalue weighted by Crippen LogP contribution is 2.19. The van der Waals surface area contributed by atoms with Gasteiger partial charge in [-0.15, -0.1) is 0 Å². The molecular formula is C16H15ClN4O3. The van der Waals surface area contributed by atoms with Crippen molar-refractivity contribution in [2.75, 3.05) is 13.7 Å². The lowest BCUT2D eigenvalue weighted by Crippen LogP contribution is -2.24. The third-order valence-electron chi connectivity index (χ3n) is 3.37. The molecule has 7 nitrogen and oxygen atoms in total. The summed E-state index contributed by atoms with van der Waals surface area (Å²) in [6.45, 7) is 0.738. The Labute approximate surface area is 142 Å². The van der Waals surface area contributed by atoms with E-state index in [9.17, 15) is 4.79 Å². The van der Waals surface area contributed by atoms with Gasteiger partial charge in [-0.1, -0.05) is 35.0 Å². The second kappa shape index (κ2) is 7.37. The standard InChI is InChI=1S/C16H15ClN4O3/c1-23-9-8-21-15(22)7-6-13(19-21)16-18-14(20-24-16)10-11-4-2-3-5-12(11)17/h2-7H,8-10H2,1H3. The average molecular weight is 347 g/mol. The van der Waals surface area contributed by atoms with Gasteiger partial charge in [-0.3, -0.25) is 4.79 Å². The van der Waals surface area contributed by atoms with Crippen LogP contribution < -0.4 is 5.56 Å². The Morgan fingerprint density at radius 3 is 2.88 bits per heavy atom. The Balaban J connectivity index is 1.83. The zero-order valence-corrected chi connectivity index (χ0v) is 13.7. The van der Waals surface area contributed by atoms with Gasteiger partial charge in [0.1, 0.15) is 5.69 Å². The normalized spacial score (nSPS) is 10.9. The third kappa shape index (κ3) is 3.69. The number of nitrogens with zero attached hydrogens (tertiary/aromatic N) is 4. The Morgan fingerprint density at radius 1 is 1.25 bits per heavy atom. The Hall–Kier alpha value is -2.51. The summed E-state index contributed by atoms with van der Waals surface area (Å²) in [7, 11) is 1.56. The molecule has 0 N–H and O–H groups in total. The number of hydrogen-bond donors (Lipinski definition) is 0. The fourth-order valence-corrected chi connectivity index (χ4v) is 2.35. The zero-order valence-electron chi connectivity index (χ0n) is 13.0. The van der Waals surface area contributed by atoms with Crippen LogP contribution in [0.3, 0.4) is 0 Å². The quantitative estimate of drug-likeness (QED) is 0.680. The van der Waals surface area contributed by atoms with Crippen molar-refractivity contribution in [3.05, 3.63) is 63.2 Å². The van der Waals surface area contributed by atoms with Gasteiger partial charge in [0.25, 0.3) is 11.4 Å². The minimum absolute atomic E-state index is 0.216. The van der Waals surface area contributed by atoms with E-state index in [2.05, 4.69) is 15.2 Å². The van der Waals surface area contributed by atoms with Crippen molar-refractivity contribution in [2.24, 2.45) is 0 Å². The minimum Gasteiger partial charge on any atom is -0.383 e. The maximum atomic E-state index is 11.8. The van der Waals surface area contributed by atoms with E-state index in [-0.39, 0.29) is 11.4 Å². The molecule has 124 valence electrons. The number of methoxy groups -OCH3 is 1. The third-order valence-corrected chi connectivity index (χ3v) is 3.74. The summed E-state index contributed by atoms with van der Waals surface area (Å²) in [5.74, 6) is 0.748. The van der Waals surface area contributed by atoms with Crippen LogP contribution in [0.2, 0.25) is 5.02 Å². The van der Waals surface area contributed by atoms with Crippen LogP contribution in [-0.4, -0.2) is 33.6 Å². The van der Waals surface area contributed by atoms with Gasteiger partial charge in [0.2, 0.25) is 0 Å². The minimum atomic E-state index is -0.216. The maximum absolute atomic E-state index is 11.8. The second-order valence-electron chi connectivity index (χ2n) is 5.06. The van der Waals surface area contributed by atoms with Crippen LogP contribution >= 0.6 is 11.6 Å². The van der Waals surface area contributed by atoms with Gasteiger partial charge in [-0.2, -0.15) is 10.1 Å². The zero-order chi connectivity index (χ0) is 16.9. The molecule has 3 rings (SSSR count). The Morgan fingerprint density at radius 2 is 2.08 bits per heavy atom. The van der Waals surface area contributed by atoms with Crippen LogP contribution in [0.5, 0.6) is 0 Å². The monoisotopic (exact) mass is 346 g/mol. The molecule has 2 aromatic heterocycles. The molecule has 0 fully saturated rings. The lowest BCUT2D eigenvalue weighted by Gasteiger charge is -2.03. The lowest BCUT2D eigenvalue weighted by molar-refractivity contribution is 0.182. The van der Waals surface area contributed by atoms with Gasteiger partial charge in [0, 0.05) is 24.6 Å². The molecule has 1 aromatic carbocycles. The molecule has 3 aromatic rings. The van der Waals surface area contributed by atoms with E-state index >= 15 is 0 Å². The van der Waals surface area contributed by atoms with Crippen molar-refractivity contribution in [3.63, 3.8) is 0 Å². The highest BCUT2D eigenvalue weighted by atomic mass is 35.5. The molecule has 24 heavy (non-hydrogen) atoms. The van der Waals surface area contributed by atoms with Crippen molar-refractivity contribution in [1.29, 1.82) is 0 Å². The number of hydrogen-bond acceptors (Lipinski definition) is 6. The van der Waals surface area contributed by atoms with Gasteiger partial charge in [0.05, 0.1) is 13.2 Å². The van der Waals surface area contributed by atoms with Crippen molar-refractivity contribution < 1.29 is 9.26 Å². The fraction of sp³-hybridized carbons (Fsp3) is 0.250. The van der Waals surface area contributed by atoms with Crippen molar-refractivity contribution >= 4 is 11.6 Å². The maximum Gasteiger partial charge on any atom is 0.278 e. The predicted molar refractivity (Wildman–Crippen MR) is 87.9 cm³/mol. The van der Waals surface area contributed by atoms with Crippen LogP contribution in [-0.2, 0) is 17.7 Å². The van der Waals surface area contributed by atoms with Crippen molar-refractivity contribution in [2.45, 2.75) is 13.0 Å². The molecular weight excluding hydrogens is 332 g/mol. The molecule has 0 atom stereocenters. The van der Waals surface area contributed by atoms with E-state index in [4.69, 9.17) is 20.9 Å². The molecule has 0 spiro atoms. The molecule has 0 saturated heterocycles. The van der Waals surface area contributed by atoms with Crippen LogP contribution in [0.4, 0.5) is 0 Å². The van der Waals surface area contributed by atoms with Gasteiger partial charge < -0.3 is 9.26 Å². The lowest BCUT2D eigenvalue weighted by atomic mass is 10.1. The van der Waals surface area contributed by atoms with Crippen LogP contribution in [0, 0.1) is 0 Å². The van der Waals surface area contributed by atoms with Gasteiger partial charge in [0.15, 0.2) is 5.82 Å². The molecule has 0 aliphatic carbocycles. The van der Waals surface area contributed by atoms with Crippen molar-refractivity contribution in [1.82, 2.24) is 19.9 Å². The highest BCUT2D eigenvalue weighted by Gasteiger charge is 2.13. The first-order valence-electron chi connectivity index (χ1n) is 7.31. The Bertz CT molecular complexity index is 891. The summed E-state index contributed by atoms with van der Waals surface area (Å²) in [5.41, 5.74) is 1.12. The van der Waals surface area contributed by atoms with E-state index < -0.39 is 0 Å². The summed E-state index contributed by atoms with van der Waals surface area (Å²) < 4.78 is 11.5. The summed E-state index contributed by atoms with van der Waals surface area (Å²) in [4.78, 5) is 16.1. The smallest absolute Gasteiger partial charge is 0.278 e. The molecule has 8 heteroatoms. The summed E-state index contributed by atoms with van der Waals surface area (Å²) in [6.07, 6.45) is 0.451. The molecule has 0 saturated carbocycles. The fourth-order valence-electron chi connectivity index (χ4n) is 2.14. The summed E-state index contributed by atoms with van der Waals surface area (Å²) >= 11 is 6.14. The van der Waals surface area contributed by atoms with Crippen molar-refractivity contribution in [3.8, 4) is 11.6 Å². The number of aromatic nitrogens is 4. The van der Waals surface area contributed by atoms with E-state index in [0.29, 0.717) is 36.1 Å². The first kappa shape index (κ1) is 16.4. The van der Waals surface area contributed by atoms with Crippen LogP contribution in [0.25, 0.3) is 11.6 Å². The van der Waals surface area contributed by atoms with E-state index in [1.807, 2.05) is 24.3 Å².